The Morgan fingerprint density at radius 3 is 2.81 bits per heavy atom. The van der Waals surface area contributed by atoms with Gasteiger partial charge in [0, 0.05) is 18.2 Å². The van der Waals surface area contributed by atoms with Gasteiger partial charge in [-0.2, -0.15) is 0 Å². The first-order valence-corrected chi connectivity index (χ1v) is 7.30. The first-order valence-electron chi connectivity index (χ1n) is 7.30. The number of ether oxygens (including phenoxy) is 2. The van der Waals surface area contributed by atoms with Gasteiger partial charge in [0.25, 0.3) is 0 Å². The molecule has 5 heteroatoms. The van der Waals surface area contributed by atoms with Crippen molar-refractivity contribution in [2.45, 2.75) is 38.3 Å². The van der Waals surface area contributed by atoms with Gasteiger partial charge in [0.05, 0.1) is 20.6 Å². The third kappa shape index (κ3) is 4.11. The largest absolute Gasteiger partial charge is 0.497 e. The molecule has 0 saturated carbocycles. The molecule has 0 aliphatic carbocycles. The maximum atomic E-state index is 11.0. The van der Waals surface area contributed by atoms with Crippen molar-refractivity contribution in [1.29, 1.82) is 0 Å². The van der Waals surface area contributed by atoms with Crippen LogP contribution < -0.4 is 9.47 Å². The number of likely N-dealkylation sites (tertiary alicyclic amines) is 1. The fraction of sp³-hybridized carbons (Fsp3) is 0.562. The minimum atomic E-state index is -0.732. The molecular weight excluding hydrogens is 270 g/mol. The van der Waals surface area contributed by atoms with Gasteiger partial charge in [-0.05, 0) is 37.6 Å². The van der Waals surface area contributed by atoms with Crippen LogP contribution in [-0.2, 0) is 11.3 Å². The zero-order valence-corrected chi connectivity index (χ0v) is 12.7. The predicted molar refractivity (Wildman–Crippen MR) is 79.8 cm³/mol. The molecule has 1 fully saturated rings. The maximum Gasteiger partial charge on any atom is 0.304 e. The molecule has 0 amide bonds. The molecule has 116 valence electrons. The van der Waals surface area contributed by atoms with Crippen molar-refractivity contribution in [3.8, 4) is 11.5 Å². The van der Waals surface area contributed by atoms with E-state index in [0.29, 0.717) is 6.54 Å². The van der Waals surface area contributed by atoms with E-state index in [4.69, 9.17) is 14.6 Å². The lowest BCUT2D eigenvalue weighted by atomic mass is 9.98. The summed E-state index contributed by atoms with van der Waals surface area (Å²) in [5, 5.41) is 9.06. The molecule has 1 aromatic rings. The van der Waals surface area contributed by atoms with Crippen molar-refractivity contribution in [3.05, 3.63) is 23.8 Å². The first kappa shape index (κ1) is 15.6. The van der Waals surface area contributed by atoms with Gasteiger partial charge in [0.2, 0.25) is 0 Å². The Bertz CT molecular complexity index is 489. The highest BCUT2D eigenvalue weighted by molar-refractivity contribution is 5.67. The second-order valence-electron chi connectivity index (χ2n) is 5.40. The van der Waals surface area contributed by atoms with Crippen LogP contribution in [0.5, 0.6) is 11.5 Å². The lowest BCUT2D eigenvalue weighted by molar-refractivity contribution is -0.138. The van der Waals surface area contributed by atoms with Crippen molar-refractivity contribution < 1.29 is 19.4 Å². The van der Waals surface area contributed by atoms with Crippen LogP contribution in [0, 0.1) is 0 Å². The van der Waals surface area contributed by atoms with Crippen LogP contribution in [0.3, 0.4) is 0 Å². The fourth-order valence-corrected chi connectivity index (χ4v) is 2.93. The topological polar surface area (TPSA) is 59.0 Å². The highest BCUT2D eigenvalue weighted by Crippen LogP contribution is 2.28. The van der Waals surface area contributed by atoms with E-state index in [2.05, 4.69) is 4.90 Å². The second-order valence-corrected chi connectivity index (χ2v) is 5.40. The summed E-state index contributed by atoms with van der Waals surface area (Å²) in [4.78, 5) is 13.3. The fourth-order valence-electron chi connectivity index (χ4n) is 2.93. The summed E-state index contributed by atoms with van der Waals surface area (Å²) in [6.07, 6.45) is 3.36. The van der Waals surface area contributed by atoms with Crippen LogP contribution in [0.4, 0.5) is 0 Å². The number of rotatable bonds is 6. The van der Waals surface area contributed by atoms with E-state index in [1.807, 2.05) is 18.2 Å². The number of carboxylic acids is 1. The van der Waals surface area contributed by atoms with Gasteiger partial charge in [-0.15, -0.1) is 0 Å². The Morgan fingerprint density at radius 1 is 1.33 bits per heavy atom. The zero-order chi connectivity index (χ0) is 15.2. The molecule has 5 nitrogen and oxygen atoms in total. The van der Waals surface area contributed by atoms with E-state index in [1.54, 1.807) is 14.2 Å². The van der Waals surface area contributed by atoms with Crippen LogP contribution in [0.15, 0.2) is 18.2 Å². The minimum Gasteiger partial charge on any atom is -0.497 e. The molecule has 21 heavy (non-hydrogen) atoms. The van der Waals surface area contributed by atoms with Crippen LogP contribution in [0.25, 0.3) is 0 Å². The molecule has 0 aromatic heterocycles. The number of hydrogen-bond acceptors (Lipinski definition) is 4. The van der Waals surface area contributed by atoms with Gasteiger partial charge in [-0.25, -0.2) is 0 Å². The lowest BCUT2D eigenvalue weighted by Crippen LogP contribution is -2.40. The summed E-state index contributed by atoms with van der Waals surface area (Å²) >= 11 is 0. The summed E-state index contributed by atoms with van der Waals surface area (Å²) in [5.74, 6) is 0.873. The molecule has 1 aliphatic rings. The number of aliphatic carboxylic acids is 1. The zero-order valence-electron chi connectivity index (χ0n) is 12.7. The number of hydrogen-bond donors (Lipinski definition) is 1. The van der Waals surface area contributed by atoms with Gasteiger partial charge in [-0.1, -0.05) is 6.42 Å². The molecule has 2 rings (SSSR count). The van der Waals surface area contributed by atoms with Gasteiger partial charge in [0.15, 0.2) is 0 Å². The van der Waals surface area contributed by atoms with Crippen molar-refractivity contribution in [3.63, 3.8) is 0 Å². The van der Waals surface area contributed by atoms with E-state index in [0.717, 1.165) is 42.9 Å². The van der Waals surface area contributed by atoms with Gasteiger partial charge < -0.3 is 14.6 Å². The number of piperidine rings is 1. The van der Waals surface area contributed by atoms with Crippen LogP contribution >= 0.6 is 0 Å². The third-order valence-electron chi connectivity index (χ3n) is 4.02. The Balaban J connectivity index is 2.15. The minimum absolute atomic E-state index is 0.104. The summed E-state index contributed by atoms with van der Waals surface area (Å²) < 4.78 is 10.7. The van der Waals surface area contributed by atoms with E-state index >= 15 is 0 Å². The molecule has 0 spiro atoms. The summed E-state index contributed by atoms with van der Waals surface area (Å²) in [5.41, 5.74) is 1.04. The number of benzene rings is 1. The SMILES string of the molecule is COc1ccc(OC)c(CN2CCCCC2CC(=O)O)c1. The van der Waals surface area contributed by atoms with E-state index in [-0.39, 0.29) is 12.5 Å². The number of carbonyl (C=O) groups is 1. The second kappa shape index (κ2) is 7.31. The number of methoxy groups -OCH3 is 2. The molecule has 1 saturated heterocycles. The van der Waals surface area contributed by atoms with E-state index < -0.39 is 5.97 Å². The molecule has 1 aliphatic heterocycles. The van der Waals surface area contributed by atoms with Crippen molar-refractivity contribution in [2.24, 2.45) is 0 Å². The van der Waals surface area contributed by atoms with Crippen molar-refractivity contribution in [2.75, 3.05) is 20.8 Å². The molecule has 1 N–H and O–H groups in total. The summed E-state index contributed by atoms with van der Waals surface area (Å²) in [6.45, 7) is 1.62. The Labute approximate surface area is 125 Å². The van der Waals surface area contributed by atoms with Crippen molar-refractivity contribution >= 4 is 5.97 Å². The molecule has 0 bridgehead atoms. The van der Waals surface area contributed by atoms with E-state index in [1.165, 1.54) is 0 Å². The van der Waals surface area contributed by atoms with Gasteiger partial charge in [-0.3, -0.25) is 9.69 Å². The lowest BCUT2D eigenvalue weighted by Gasteiger charge is -2.35. The Hall–Kier alpha value is -1.75. The average molecular weight is 293 g/mol. The summed E-state index contributed by atoms with van der Waals surface area (Å²) in [7, 11) is 3.29. The van der Waals surface area contributed by atoms with Crippen molar-refractivity contribution in [1.82, 2.24) is 4.90 Å². The van der Waals surface area contributed by atoms with Crippen LogP contribution in [0.1, 0.15) is 31.2 Å². The molecule has 0 radical (unpaired) electrons. The molecular formula is C16H23NO4. The summed E-state index contributed by atoms with van der Waals surface area (Å²) in [6, 6.07) is 5.83. The highest BCUT2D eigenvalue weighted by atomic mass is 16.5. The highest BCUT2D eigenvalue weighted by Gasteiger charge is 2.25. The first-order chi connectivity index (χ1) is 10.1. The monoisotopic (exact) mass is 293 g/mol. The quantitative estimate of drug-likeness (QED) is 0.873. The normalized spacial score (nSPS) is 19.2. The predicted octanol–water partition coefficient (Wildman–Crippen LogP) is 2.53. The number of nitrogens with zero attached hydrogens (tertiary/aromatic N) is 1. The van der Waals surface area contributed by atoms with E-state index in [9.17, 15) is 4.79 Å². The average Bonchev–Trinajstić information content (AvgIpc) is 2.48. The molecule has 1 unspecified atom stereocenters. The smallest absolute Gasteiger partial charge is 0.304 e. The van der Waals surface area contributed by atoms with Crippen LogP contribution in [0.2, 0.25) is 0 Å². The Kier molecular flexibility index (Phi) is 5.44. The molecule has 1 aromatic carbocycles. The number of carboxylic acid groups (broad SMARTS) is 1. The maximum absolute atomic E-state index is 11.0. The van der Waals surface area contributed by atoms with Gasteiger partial charge >= 0.3 is 5.97 Å². The standard InChI is InChI=1S/C16H23NO4/c1-20-14-6-7-15(21-2)12(9-14)11-17-8-4-3-5-13(17)10-16(18)19/h6-7,9,13H,3-5,8,10-11H2,1-2H3,(H,18,19). The molecule has 1 heterocycles. The Morgan fingerprint density at radius 2 is 2.14 bits per heavy atom. The van der Waals surface area contributed by atoms with Gasteiger partial charge in [0.1, 0.15) is 11.5 Å². The molecule has 1 atom stereocenters. The third-order valence-corrected chi connectivity index (χ3v) is 4.02. The van der Waals surface area contributed by atoms with Crippen LogP contribution in [-0.4, -0.2) is 42.8 Å².